The Bertz CT molecular complexity index is 493. The summed E-state index contributed by atoms with van der Waals surface area (Å²) in [5.74, 6) is 4.04. The number of carbonyl (C=O) groups excluding carboxylic acids is 1. The Kier molecular flexibility index (Phi) is 3.11. The van der Waals surface area contributed by atoms with Crippen molar-refractivity contribution < 1.29 is 18.0 Å². The highest BCUT2D eigenvalue weighted by atomic mass is 32.2. The van der Waals surface area contributed by atoms with Gasteiger partial charge < -0.3 is 4.84 Å². The molecular formula is C9H11NO4S. The van der Waals surface area contributed by atoms with E-state index < -0.39 is 15.8 Å². The Morgan fingerprint density at radius 1 is 1.40 bits per heavy atom. The molecule has 1 rings (SSSR count). The lowest BCUT2D eigenvalue weighted by Crippen LogP contribution is -2.12. The van der Waals surface area contributed by atoms with Crippen LogP contribution >= 0.6 is 0 Å². The van der Waals surface area contributed by atoms with Gasteiger partial charge in [0.25, 0.3) is 0 Å². The highest BCUT2D eigenvalue weighted by molar-refractivity contribution is 7.90. The van der Waals surface area contributed by atoms with E-state index >= 15 is 0 Å². The minimum absolute atomic E-state index is 0.161. The Balaban J connectivity index is 3.27. The first-order valence-electron chi connectivity index (χ1n) is 4.08. The summed E-state index contributed by atoms with van der Waals surface area (Å²) < 4.78 is 22.4. The largest absolute Gasteiger partial charge is 0.370 e. The molecule has 1 aromatic rings. The molecule has 0 saturated heterocycles. The summed E-state index contributed by atoms with van der Waals surface area (Å²) in [6.07, 6.45) is 1.10. The van der Waals surface area contributed by atoms with Crippen molar-refractivity contribution in [1.29, 1.82) is 0 Å². The predicted octanol–water partition coefficient (Wildman–Crippen LogP) is 0.429. The lowest BCUT2D eigenvalue weighted by molar-refractivity contribution is 0.0502. The summed E-state index contributed by atoms with van der Waals surface area (Å²) in [5.41, 5.74) is 0.762. The van der Waals surface area contributed by atoms with Gasteiger partial charge in [-0.05, 0) is 30.7 Å². The van der Waals surface area contributed by atoms with E-state index in [0.29, 0.717) is 5.56 Å². The van der Waals surface area contributed by atoms with Crippen molar-refractivity contribution in [2.24, 2.45) is 5.90 Å². The molecule has 0 bridgehead atoms. The fourth-order valence-electron chi connectivity index (χ4n) is 1.16. The van der Waals surface area contributed by atoms with E-state index in [1.54, 1.807) is 6.92 Å². The van der Waals surface area contributed by atoms with Crippen molar-refractivity contribution in [1.82, 2.24) is 0 Å². The zero-order valence-corrected chi connectivity index (χ0v) is 9.17. The van der Waals surface area contributed by atoms with Crippen molar-refractivity contribution in [3.05, 3.63) is 29.3 Å². The molecule has 0 radical (unpaired) electrons. The van der Waals surface area contributed by atoms with Crippen molar-refractivity contribution >= 4 is 15.8 Å². The van der Waals surface area contributed by atoms with Crippen LogP contribution in [0.25, 0.3) is 0 Å². The van der Waals surface area contributed by atoms with Gasteiger partial charge in [0.1, 0.15) is 0 Å². The number of rotatable bonds is 2. The molecule has 0 aliphatic heterocycles. The van der Waals surface area contributed by atoms with Gasteiger partial charge in [0.2, 0.25) is 0 Å². The van der Waals surface area contributed by atoms with Crippen LogP contribution in [-0.4, -0.2) is 20.6 Å². The molecule has 0 fully saturated rings. The number of aryl methyl sites for hydroxylation is 1. The van der Waals surface area contributed by atoms with Crippen LogP contribution in [0, 0.1) is 6.92 Å². The van der Waals surface area contributed by atoms with Crippen LogP contribution in [0.2, 0.25) is 0 Å². The number of hydrogen-bond acceptors (Lipinski definition) is 5. The molecular weight excluding hydrogens is 218 g/mol. The second kappa shape index (κ2) is 4.00. The Morgan fingerprint density at radius 2 is 2.00 bits per heavy atom. The van der Waals surface area contributed by atoms with Gasteiger partial charge in [0.15, 0.2) is 9.84 Å². The number of carbonyl (C=O) groups is 1. The molecule has 1 aromatic carbocycles. The molecule has 82 valence electrons. The van der Waals surface area contributed by atoms with Gasteiger partial charge in [-0.2, -0.15) is 5.90 Å². The second-order valence-electron chi connectivity index (χ2n) is 3.15. The van der Waals surface area contributed by atoms with Crippen LogP contribution in [0.5, 0.6) is 0 Å². The van der Waals surface area contributed by atoms with E-state index in [-0.39, 0.29) is 10.5 Å². The minimum atomic E-state index is -3.26. The van der Waals surface area contributed by atoms with E-state index in [2.05, 4.69) is 4.84 Å². The SMILES string of the molecule is Cc1cc(S(C)(=O)=O)ccc1C(=O)ON. The number of benzene rings is 1. The molecule has 5 nitrogen and oxygen atoms in total. The average molecular weight is 229 g/mol. The first-order chi connectivity index (χ1) is 6.86. The summed E-state index contributed by atoms with van der Waals surface area (Å²) in [6, 6.07) is 4.12. The van der Waals surface area contributed by atoms with E-state index in [1.807, 2.05) is 0 Å². The first-order valence-corrected chi connectivity index (χ1v) is 5.97. The quantitative estimate of drug-likeness (QED) is 0.743. The molecule has 0 aliphatic carbocycles. The lowest BCUT2D eigenvalue weighted by Gasteiger charge is -2.04. The third-order valence-corrected chi connectivity index (χ3v) is 3.06. The van der Waals surface area contributed by atoms with E-state index in [9.17, 15) is 13.2 Å². The zero-order valence-electron chi connectivity index (χ0n) is 8.35. The van der Waals surface area contributed by atoms with Crippen LogP contribution in [0.15, 0.2) is 23.1 Å². The van der Waals surface area contributed by atoms with Crippen molar-refractivity contribution in [2.75, 3.05) is 6.26 Å². The molecule has 0 atom stereocenters. The average Bonchev–Trinajstić information content (AvgIpc) is 2.15. The molecule has 0 saturated carbocycles. The van der Waals surface area contributed by atoms with Crippen LogP contribution in [0.4, 0.5) is 0 Å². The number of hydrogen-bond donors (Lipinski definition) is 1. The normalized spacial score (nSPS) is 11.1. The fourth-order valence-corrected chi connectivity index (χ4v) is 1.87. The van der Waals surface area contributed by atoms with Gasteiger partial charge in [-0.1, -0.05) is 0 Å². The highest BCUT2D eigenvalue weighted by Crippen LogP contribution is 2.15. The third-order valence-electron chi connectivity index (χ3n) is 1.95. The summed E-state index contributed by atoms with van der Waals surface area (Å²) >= 11 is 0. The molecule has 0 amide bonds. The van der Waals surface area contributed by atoms with Crippen LogP contribution in [0.3, 0.4) is 0 Å². The molecule has 6 heteroatoms. The van der Waals surface area contributed by atoms with Crippen molar-refractivity contribution in [3.8, 4) is 0 Å². The third kappa shape index (κ3) is 2.54. The van der Waals surface area contributed by atoms with Crippen molar-refractivity contribution in [2.45, 2.75) is 11.8 Å². The summed E-state index contributed by atoms with van der Waals surface area (Å²) in [5, 5.41) is 0. The van der Waals surface area contributed by atoms with Gasteiger partial charge in [-0.3, -0.25) is 0 Å². The maximum absolute atomic E-state index is 11.2. The van der Waals surface area contributed by atoms with Crippen LogP contribution in [0.1, 0.15) is 15.9 Å². The van der Waals surface area contributed by atoms with Crippen LogP contribution < -0.4 is 5.90 Å². The summed E-state index contributed by atoms with van der Waals surface area (Å²) in [6.45, 7) is 1.61. The summed E-state index contributed by atoms with van der Waals surface area (Å²) in [4.78, 5) is 15.3. The zero-order chi connectivity index (χ0) is 11.6. The number of sulfone groups is 1. The molecule has 2 N–H and O–H groups in total. The maximum Gasteiger partial charge on any atom is 0.356 e. The highest BCUT2D eigenvalue weighted by Gasteiger charge is 2.13. The smallest absolute Gasteiger partial charge is 0.356 e. The Labute approximate surface area is 87.7 Å². The Hall–Kier alpha value is -1.40. The molecule has 0 aliphatic rings. The minimum Gasteiger partial charge on any atom is -0.370 e. The lowest BCUT2D eigenvalue weighted by atomic mass is 10.1. The molecule has 0 spiro atoms. The molecule has 15 heavy (non-hydrogen) atoms. The molecule has 0 aromatic heterocycles. The van der Waals surface area contributed by atoms with Crippen molar-refractivity contribution in [3.63, 3.8) is 0 Å². The maximum atomic E-state index is 11.2. The monoisotopic (exact) mass is 229 g/mol. The summed E-state index contributed by atoms with van der Waals surface area (Å²) in [7, 11) is -3.26. The van der Waals surface area contributed by atoms with Gasteiger partial charge in [-0.15, -0.1) is 0 Å². The van der Waals surface area contributed by atoms with E-state index in [1.165, 1.54) is 18.2 Å². The molecule has 0 heterocycles. The van der Waals surface area contributed by atoms with Gasteiger partial charge in [-0.25, -0.2) is 13.2 Å². The standard InChI is InChI=1S/C9H11NO4S/c1-6-5-7(15(2,12)13)3-4-8(6)9(11)14-10/h3-5H,10H2,1-2H3. The predicted molar refractivity (Wildman–Crippen MR) is 53.9 cm³/mol. The van der Waals surface area contributed by atoms with Gasteiger partial charge >= 0.3 is 5.97 Å². The van der Waals surface area contributed by atoms with Gasteiger partial charge in [0.05, 0.1) is 10.5 Å². The first kappa shape index (κ1) is 11.7. The number of nitrogens with two attached hydrogens (primary N) is 1. The molecule has 0 unspecified atom stereocenters. The fraction of sp³-hybridized carbons (Fsp3) is 0.222. The van der Waals surface area contributed by atoms with Gasteiger partial charge in [0, 0.05) is 6.26 Å². The second-order valence-corrected chi connectivity index (χ2v) is 5.17. The van der Waals surface area contributed by atoms with E-state index in [0.717, 1.165) is 6.26 Å². The van der Waals surface area contributed by atoms with E-state index in [4.69, 9.17) is 5.90 Å². The topological polar surface area (TPSA) is 86.5 Å². The Morgan fingerprint density at radius 3 is 2.40 bits per heavy atom. The van der Waals surface area contributed by atoms with Crippen LogP contribution in [-0.2, 0) is 14.7 Å².